The summed E-state index contributed by atoms with van der Waals surface area (Å²) in [6, 6.07) is 5.37. The molecule has 0 radical (unpaired) electrons. The maximum atomic E-state index is 14.1. The van der Waals surface area contributed by atoms with E-state index in [0.717, 1.165) is 30.1 Å². The van der Waals surface area contributed by atoms with Crippen molar-refractivity contribution in [3.05, 3.63) is 66.5 Å². The molecule has 0 heterocycles. The van der Waals surface area contributed by atoms with E-state index in [1.54, 1.807) is 12.1 Å². The second-order valence-corrected chi connectivity index (χ2v) is 6.95. The smallest absolute Gasteiger partial charge is 0.146 e. The number of nitrogens with one attached hydrogen (secondary N) is 2. The molecule has 0 aromatic heterocycles. The van der Waals surface area contributed by atoms with Crippen LogP contribution in [0.3, 0.4) is 0 Å². The minimum atomic E-state index is -0.187. The van der Waals surface area contributed by atoms with Gasteiger partial charge in [-0.1, -0.05) is 37.5 Å². The van der Waals surface area contributed by atoms with Gasteiger partial charge < -0.3 is 10.6 Å². The molecule has 1 atom stereocenters. The fraction of sp³-hybridized carbons (Fsp3) is 0.429. The number of halogens is 1. The van der Waals surface area contributed by atoms with E-state index in [9.17, 15) is 4.39 Å². The standard InChI is InChI=1S/C21H27FN2/c1-3-5-17(4-2)21(24-14-16-8-9-16)18-10-11-19(22)20(12-18)23-13-15-6-7-15/h3-5,10-12,15-16,21,23-24H,1-2,6-9,13-14H2/b17-5+. The molecule has 0 saturated heterocycles. The molecule has 1 unspecified atom stereocenters. The fourth-order valence-corrected chi connectivity index (χ4v) is 2.89. The van der Waals surface area contributed by atoms with Gasteiger partial charge in [-0.15, -0.1) is 0 Å². The Balaban J connectivity index is 1.80. The third-order valence-electron chi connectivity index (χ3n) is 4.79. The van der Waals surface area contributed by atoms with Gasteiger partial charge in [-0.2, -0.15) is 0 Å². The van der Waals surface area contributed by atoms with Crippen molar-refractivity contribution in [1.82, 2.24) is 5.32 Å². The van der Waals surface area contributed by atoms with Crippen molar-refractivity contribution in [3.8, 4) is 0 Å². The Morgan fingerprint density at radius 3 is 2.50 bits per heavy atom. The van der Waals surface area contributed by atoms with E-state index in [4.69, 9.17) is 0 Å². The SMILES string of the molecule is C=C/C=C(\C=C)C(NCC1CC1)c1ccc(F)c(NCC2CC2)c1. The monoisotopic (exact) mass is 326 g/mol. The Morgan fingerprint density at radius 2 is 1.88 bits per heavy atom. The van der Waals surface area contributed by atoms with Crippen molar-refractivity contribution in [2.75, 3.05) is 18.4 Å². The van der Waals surface area contributed by atoms with Gasteiger partial charge in [-0.05, 0) is 67.3 Å². The minimum absolute atomic E-state index is 0.0168. The topological polar surface area (TPSA) is 24.1 Å². The molecule has 24 heavy (non-hydrogen) atoms. The summed E-state index contributed by atoms with van der Waals surface area (Å²) in [4.78, 5) is 0. The molecule has 2 saturated carbocycles. The van der Waals surface area contributed by atoms with Gasteiger partial charge in [-0.25, -0.2) is 4.39 Å². The summed E-state index contributed by atoms with van der Waals surface area (Å²) in [5, 5.41) is 6.89. The van der Waals surface area contributed by atoms with E-state index in [1.165, 1.54) is 25.7 Å². The predicted molar refractivity (Wildman–Crippen MR) is 99.6 cm³/mol. The molecule has 0 bridgehead atoms. The van der Waals surface area contributed by atoms with E-state index in [-0.39, 0.29) is 11.9 Å². The summed E-state index contributed by atoms with van der Waals surface area (Å²) >= 11 is 0. The number of rotatable bonds is 10. The van der Waals surface area contributed by atoms with Crippen LogP contribution < -0.4 is 10.6 Å². The van der Waals surface area contributed by atoms with Crippen LogP contribution >= 0.6 is 0 Å². The van der Waals surface area contributed by atoms with Crippen molar-refractivity contribution in [3.63, 3.8) is 0 Å². The Bertz CT molecular complexity index is 627. The lowest BCUT2D eigenvalue weighted by Gasteiger charge is -2.22. The number of allylic oxidation sites excluding steroid dienone is 2. The van der Waals surface area contributed by atoms with Crippen molar-refractivity contribution < 1.29 is 4.39 Å². The number of benzene rings is 1. The predicted octanol–water partition coefficient (Wildman–Crippen LogP) is 4.99. The lowest BCUT2D eigenvalue weighted by atomic mass is 9.97. The second-order valence-electron chi connectivity index (χ2n) is 6.95. The highest BCUT2D eigenvalue weighted by atomic mass is 19.1. The molecule has 2 N–H and O–H groups in total. The molecular formula is C21H27FN2. The van der Waals surface area contributed by atoms with E-state index < -0.39 is 0 Å². The van der Waals surface area contributed by atoms with Crippen LogP contribution in [-0.4, -0.2) is 13.1 Å². The first-order valence-corrected chi connectivity index (χ1v) is 8.93. The van der Waals surface area contributed by atoms with Crippen LogP contribution in [0, 0.1) is 17.7 Å². The molecular weight excluding hydrogens is 299 g/mol. The molecule has 2 nitrogen and oxygen atoms in total. The third kappa shape index (κ3) is 4.57. The quantitative estimate of drug-likeness (QED) is 0.592. The average Bonchev–Trinajstić information content (AvgIpc) is 3.47. The first-order chi connectivity index (χ1) is 11.7. The lowest BCUT2D eigenvalue weighted by Crippen LogP contribution is -2.25. The summed E-state index contributed by atoms with van der Waals surface area (Å²) in [6.45, 7) is 9.57. The fourth-order valence-electron chi connectivity index (χ4n) is 2.89. The molecule has 2 aliphatic rings. The first kappa shape index (κ1) is 17.0. The highest BCUT2D eigenvalue weighted by Crippen LogP contribution is 2.32. The van der Waals surface area contributed by atoms with Crippen LogP contribution in [-0.2, 0) is 0 Å². The zero-order valence-electron chi connectivity index (χ0n) is 14.2. The number of anilines is 1. The molecule has 3 heteroatoms. The van der Waals surface area contributed by atoms with E-state index >= 15 is 0 Å². The van der Waals surface area contributed by atoms with Gasteiger partial charge in [-0.3, -0.25) is 0 Å². The van der Waals surface area contributed by atoms with Crippen LogP contribution in [0.4, 0.5) is 10.1 Å². The van der Waals surface area contributed by atoms with Gasteiger partial charge in [0.25, 0.3) is 0 Å². The highest BCUT2D eigenvalue weighted by molar-refractivity contribution is 5.50. The van der Waals surface area contributed by atoms with Crippen molar-refractivity contribution in [2.24, 2.45) is 11.8 Å². The molecule has 0 aliphatic heterocycles. The van der Waals surface area contributed by atoms with E-state index in [0.29, 0.717) is 11.6 Å². The summed E-state index contributed by atoms with van der Waals surface area (Å²) in [5.41, 5.74) is 2.72. The molecule has 3 rings (SSSR count). The van der Waals surface area contributed by atoms with Gasteiger partial charge in [0.2, 0.25) is 0 Å². The normalized spacial score (nSPS) is 19.0. The summed E-state index contributed by atoms with van der Waals surface area (Å²) in [7, 11) is 0. The van der Waals surface area contributed by atoms with Crippen LogP contribution in [0.1, 0.15) is 37.3 Å². The van der Waals surface area contributed by atoms with Crippen LogP contribution in [0.2, 0.25) is 0 Å². The zero-order valence-corrected chi connectivity index (χ0v) is 14.2. The lowest BCUT2D eigenvalue weighted by molar-refractivity contribution is 0.570. The Labute approximate surface area is 144 Å². The Morgan fingerprint density at radius 1 is 1.17 bits per heavy atom. The zero-order chi connectivity index (χ0) is 16.9. The summed E-state index contributed by atoms with van der Waals surface area (Å²) in [5.74, 6) is 1.30. The second kappa shape index (κ2) is 7.80. The van der Waals surface area contributed by atoms with Gasteiger partial charge in [0.1, 0.15) is 5.82 Å². The maximum Gasteiger partial charge on any atom is 0.146 e. The van der Waals surface area contributed by atoms with Gasteiger partial charge in [0.15, 0.2) is 0 Å². The molecule has 2 aliphatic carbocycles. The van der Waals surface area contributed by atoms with Crippen molar-refractivity contribution in [1.29, 1.82) is 0 Å². The molecule has 2 fully saturated rings. The first-order valence-electron chi connectivity index (χ1n) is 8.93. The number of hydrogen-bond acceptors (Lipinski definition) is 2. The summed E-state index contributed by atoms with van der Waals surface area (Å²) in [6.07, 6.45) is 10.7. The van der Waals surface area contributed by atoms with Crippen LogP contribution in [0.25, 0.3) is 0 Å². The van der Waals surface area contributed by atoms with Gasteiger partial charge in [0, 0.05) is 6.54 Å². The number of hydrogen-bond donors (Lipinski definition) is 2. The minimum Gasteiger partial charge on any atom is -0.382 e. The average molecular weight is 326 g/mol. The Hall–Kier alpha value is -1.87. The highest BCUT2D eigenvalue weighted by Gasteiger charge is 2.24. The van der Waals surface area contributed by atoms with Crippen molar-refractivity contribution >= 4 is 5.69 Å². The largest absolute Gasteiger partial charge is 0.382 e. The molecule has 0 spiro atoms. The molecule has 1 aromatic rings. The van der Waals surface area contributed by atoms with E-state index in [2.05, 4.69) is 23.8 Å². The van der Waals surface area contributed by atoms with Crippen molar-refractivity contribution in [2.45, 2.75) is 31.7 Å². The van der Waals surface area contributed by atoms with E-state index in [1.807, 2.05) is 24.3 Å². The molecule has 128 valence electrons. The maximum absolute atomic E-state index is 14.1. The molecule has 0 amide bonds. The summed E-state index contributed by atoms with van der Waals surface area (Å²) < 4.78 is 14.1. The van der Waals surface area contributed by atoms with Crippen LogP contribution in [0.5, 0.6) is 0 Å². The van der Waals surface area contributed by atoms with Crippen LogP contribution in [0.15, 0.2) is 55.2 Å². The van der Waals surface area contributed by atoms with Gasteiger partial charge in [0.05, 0.1) is 11.7 Å². The third-order valence-corrected chi connectivity index (χ3v) is 4.79. The van der Waals surface area contributed by atoms with Gasteiger partial charge >= 0.3 is 0 Å². The molecule has 1 aromatic carbocycles. The Kier molecular flexibility index (Phi) is 5.52.